The van der Waals surface area contributed by atoms with Crippen LogP contribution in [0.25, 0.3) is 0 Å². The van der Waals surface area contributed by atoms with E-state index in [2.05, 4.69) is 26.6 Å². The van der Waals surface area contributed by atoms with Crippen molar-refractivity contribution in [2.75, 3.05) is 13.1 Å². The van der Waals surface area contributed by atoms with Gasteiger partial charge in [0.1, 0.15) is 11.8 Å². The third-order valence-corrected chi connectivity index (χ3v) is 6.01. The first-order chi connectivity index (χ1) is 12.9. The molecule has 2 unspecified atom stereocenters. The first-order valence-corrected chi connectivity index (χ1v) is 9.49. The summed E-state index contributed by atoms with van der Waals surface area (Å²) in [4.78, 5) is 36.7. The largest absolute Gasteiger partial charge is 0.361 e. The van der Waals surface area contributed by atoms with Crippen LogP contribution in [0.1, 0.15) is 48.4 Å². The zero-order chi connectivity index (χ0) is 19.0. The highest BCUT2D eigenvalue weighted by Crippen LogP contribution is 2.66. The Balaban J connectivity index is 1.34. The molecule has 27 heavy (non-hydrogen) atoms. The maximum absolute atomic E-state index is 12.7. The number of aromatic nitrogens is 1. The third-order valence-electron chi connectivity index (χ3n) is 6.01. The van der Waals surface area contributed by atoms with Crippen molar-refractivity contribution in [3.63, 3.8) is 0 Å². The molecule has 1 saturated heterocycles. The van der Waals surface area contributed by atoms with Crippen LogP contribution in [0.15, 0.2) is 10.6 Å². The van der Waals surface area contributed by atoms with Crippen LogP contribution in [0, 0.1) is 24.2 Å². The molecule has 3 amide bonds. The van der Waals surface area contributed by atoms with Crippen molar-refractivity contribution in [2.45, 2.75) is 45.1 Å². The van der Waals surface area contributed by atoms with Crippen molar-refractivity contribution in [3.8, 4) is 0 Å². The number of carbonyl (C=O) groups is 3. The standard InChI is InChI=1S/C18H25N5O4/c1-10-4-13(23-27-10)16(25)21-14(8-18-5-11(6-18)7-18)17(26)22-20-9-12-2-3-19-15(12)24/h4,11-12,14,20H,2-3,5-9H2,1H3,(H,19,24)(H,21,25)(H,22,26). The van der Waals surface area contributed by atoms with Crippen molar-refractivity contribution in [2.24, 2.45) is 17.3 Å². The Labute approximate surface area is 157 Å². The lowest BCUT2D eigenvalue weighted by Gasteiger charge is -2.63. The van der Waals surface area contributed by atoms with E-state index in [-0.39, 0.29) is 28.8 Å². The second-order valence-corrected chi connectivity index (χ2v) is 8.18. The lowest BCUT2D eigenvalue weighted by molar-refractivity contribution is -0.137. The number of aryl methyl sites for hydroxylation is 1. The van der Waals surface area contributed by atoms with Gasteiger partial charge in [-0.1, -0.05) is 5.16 Å². The molecule has 0 spiro atoms. The molecule has 4 fully saturated rings. The summed E-state index contributed by atoms with van der Waals surface area (Å²) in [6, 6.07) is 0.892. The molecule has 9 heteroatoms. The number of amides is 3. The molecule has 4 N–H and O–H groups in total. The first kappa shape index (κ1) is 18.0. The van der Waals surface area contributed by atoms with Crippen LogP contribution < -0.4 is 21.5 Å². The quantitative estimate of drug-likeness (QED) is 0.475. The molecule has 2 heterocycles. The molecular weight excluding hydrogens is 350 g/mol. The summed E-state index contributed by atoms with van der Waals surface area (Å²) in [6.07, 6.45) is 4.75. The summed E-state index contributed by atoms with van der Waals surface area (Å²) in [7, 11) is 0. The summed E-state index contributed by atoms with van der Waals surface area (Å²) in [5.41, 5.74) is 5.85. The highest BCUT2D eigenvalue weighted by atomic mass is 16.5. The van der Waals surface area contributed by atoms with Crippen molar-refractivity contribution in [1.82, 2.24) is 26.6 Å². The molecule has 146 valence electrons. The van der Waals surface area contributed by atoms with Crippen LogP contribution >= 0.6 is 0 Å². The van der Waals surface area contributed by atoms with E-state index in [1.807, 2.05) is 0 Å². The van der Waals surface area contributed by atoms with Crippen molar-refractivity contribution in [3.05, 3.63) is 17.5 Å². The Morgan fingerprint density at radius 3 is 2.74 bits per heavy atom. The summed E-state index contributed by atoms with van der Waals surface area (Å²) in [5.74, 6) is 0.463. The van der Waals surface area contributed by atoms with Gasteiger partial charge in [-0.15, -0.1) is 0 Å². The molecule has 1 aromatic rings. The minimum atomic E-state index is -0.652. The van der Waals surface area contributed by atoms with E-state index in [1.165, 1.54) is 0 Å². The number of hydrazine groups is 1. The van der Waals surface area contributed by atoms with Gasteiger partial charge in [-0.2, -0.15) is 0 Å². The molecule has 2 atom stereocenters. The summed E-state index contributed by atoms with van der Waals surface area (Å²) in [5, 5.41) is 9.27. The van der Waals surface area contributed by atoms with E-state index in [9.17, 15) is 14.4 Å². The maximum atomic E-state index is 12.7. The Hall–Kier alpha value is -2.42. The lowest BCUT2D eigenvalue weighted by atomic mass is 9.43. The zero-order valence-corrected chi connectivity index (χ0v) is 15.3. The second-order valence-electron chi connectivity index (χ2n) is 8.18. The fourth-order valence-corrected chi connectivity index (χ4v) is 4.44. The van der Waals surface area contributed by atoms with Crippen LogP contribution in [0.5, 0.6) is 0 Å². The molecule has 0 radical (unpaired) electrons. The highest BCUT2D eigenvalue weighted by molar-refractivity contribution is 5.96. The van der Waals surface area contributed by atoms with Gasteiger partial charge in [-0.25, -0.2) is 5.43 Å². The predicted octanol–water partition coefficient (Wildman–Crippen LogP) is 0.0285. The Bertz CT molecular complexity index is 744. The minimum absolute atomic E-state index is 0.00290. The van der Waals surface area contributed by atoms with Crippen LogP contribution in [0.3, 0.4) is 0 Å². The van der Waals surface area contributed by atoms with E-state index >= 15 is 0 Å². The van der Waals surface area contributed by atoms with Gasteiger partial charge in [0.25, 0.3) is 11.8 Å². The highest BCUT2D eigenvalue weighted by Gasteiger charge is 2.57. The van der Waals surface area contributed by atoms with Gasteiger partial charge in [0.15, 0.2) is 5.69 Å². The number of nitrogens with one attached hydrogen (secondary N) is 4. The molecule has 3 saturated carbocycles. The first-order valence-electron chi connectivity index (χ1n) is 9.49. The van der Waals surface area contributed by atoms with Gasteiger partial charge < -0.3 is 15.2 Å². The van der Waals surface area contributed by atoms with E-state index in [1.54, 1.807) is 13.0 Å². The minimum Gasteiger partial charge on any atom is -0.361 e. The average Bonchev–Trinajstić information content (AvgIpc) is 3.17. The predicted molar refractivity (Wildman–Crippen MR) is 94.1 cm³/mol. The number of carbonyl (C=O) groups excluding carboxylic acids is 3. The Kier molecular flexibility index (Phi) is 4.63. The smallest absolute Gasteiger partial charge is 0.274 e. The molecule has 5 rings (SSSR count). The fraction of sp³-hybridized carbons (Fsp3) is 0.667. The van der Waals surface area contributed by atoms with Gasteiger partial charge in [0, 0.05) is 19.2 Å². The van der Waals surface area contributed by atoms with Gasteiger partial charge >= 0.3 is 0 Å². The van der Waals surface area contributed by atoms with Crippen molar-refractivity contribution < 1.29 is 18.9 Å². The number of hydrogen-bond acceptors (Lipinski definition) is 6. The molecule has 9 nitrogen and oxygen atoms in total. The fourth-order valence-electron chi connectivity index (χ4n) is 4.44. The SMILES string of the molecule is Cc1cc(C(=O)NC(CC23CC(C2)C3)C(=O)NNCC2CCNC2=O)no1. The summed E-state index contributed by atoms with van der Waals surface area (Å²) >= 11 is 0. The van der Waals surface area contributed by atoms with Crippen LogP contribution in [0.4, 0.5) is 0 Å². The zero-order valence-electron chi connectivity index (χ0n) is 15.3. The molecule has 3 aliphatic carbocycles. The summed E-state index contributed by atoms with van der Waals surface area (Å²) < 4.78 is 4.94. The number of nitrogens with zero attached hydrogens (tertiary/aromatic N) is 1. The normalized spacial score (nSPS) is 29.3. The average molecular weight is 375 g/mol. The maximum Gasteiger partial charge on any atom is 0.274 e. The molecule has 4 aliphatic rings. The van der Waals surface area contributed by atoms with Crippen LogP contribution in [0.2, 0.25) is 0 Å². The second kappa shape index (κ2) is 6.95. The van der Waals surface area contributed by atoms with E-state index in [0.717, 1.165) is 31.6 Å². The van der Waals surface area contributed by atoms with Crippen LogP contribution in [-0.4, -0.2) is 42.0 Å². The van der Waals surface area contributed by atoms with Gasteiger partial charge in [-0.3, -0.25) is 19.8 Å². The molecule has 0 aromatic carbocycles. The van der Waals surface area contributed by atoms with E-state index < -0.39 is 11.9 Å². The Morgan fingerprint density at radius 1 is 1.41 bits per heavy atom. The van der Waals surface area contributed by atoms with E-state index in [0.29, 0.717) is 25.3 Å². The van der Waals surface area contributed by atoms with Crippen molar-refractivity contribution in [1.29, 1.82) is 0 Å². The molecule has 1 aliphatic heterocycles. The number of hydrogen-bond donors (Lipinski definition) is 4. The van der Waals surface area contributed by atoms with Crippen molar-refractivity contribution >= 4 is 17.7 Å². The molecule has 1 aromatic heterocycles. The third kappa shape index (κ3) is 3.69. The number of rotatable bonds is 8. The van der Waals surface area contributed by atoms with Gasteiger partial charge in [-0.05, 0) is 50.4 Å². The van der Waals surface area contributed by atoms with E-state index in [4.69, 9.17) is 4.52 Å². The summed E-state index contributed by atoms with van der Waals surface area (Å²) in [6.45, 7) is 2.74. The molecular formula is C18H25N5O4. The lowest BCUT2D eigenvalue weighted by Crippen LogP contribution is -2.59. The molecule has 2 bridgehead atoms. The van der Waals surface area contributed by atoms with Crippen LogP contribution in [-0.2, 0) is 9.59 Å². The monoisotopic (exact) mass is 375 g/mol. The van der Waals surface area contributed by atoms with Gasteiger partial charge in [0.05, 0.1) is 5.92 Å². The Morgan fingerprint density at radius 2 is 2.19 bits per heavy atom. The van der Waals surface area contributed by atoms with Gasteiger partial charge in [0.2, 0.25) is 5.91 Å². The topological polar surface area (TPSA) is 125 Å².